The molecular weight excluding hydrogens is 244 g/mol. The Kier molecular flexibility index (Phi) is 9.35. The van der Waals surface area contributed by atoms with Crippen LogP contribution in [0, 0.1) is 0 Å². The molecule has 114 valence electrons. The van der Waals surface area contributed by atoms with Gasteiger partial charge in [-0.05, 0) is 43.6 Å². The van der Waals surface area contributed by atoms with E-state index in [4.69, 9.17) is 0 Å². The SMILES string of the molecule is CCCCN(CCCC)Cc1ccccc1CNCC. The molecule has 0 radical (unpaired) electrons. The van der Waals surface area contributed by atoms with Crippen LogP contribution in [0.1, 0.15) is 57.6 Å². The third-order valence-corrected chi connectivity index (χ3v) is 3.73. The molecule has 1 rings (SSSR count). The van der Waals surface area contributed by atoms with Crippen LogP contribution in [0.15, 0.2) is 24.3 Å². The van der Waals surface area contributed by atoms with Gasteiger partial charge in [0.15, 0.2) is 0 Å². The van der Waals surface area contributed by atoms with E-state index in [9.17, 15) is 0 Å². The molecule has 0 saturated carbocycles. The van der Waals surface area contributed by atoms with Gasteiger partial charge in [-0.25, -0.2) is 0 Å². The molecule has 20 heavy (non-hydrogen) atoms. The van der Waals surface area contributed by atoms with Crippen LogP contribution in [0.25, 0.3) is 0 Å². The van der Waals surface area contributed by atoms with Crippen molar-refractivity contribution in [3.63, 3.8) is 0 Å². The maximum absolute atomic E-state index is 3.45. The molecule has 0 saturated heterocycles. The first-order valence-corrected chi connectivity index (χ1v) is 8.31. The molecule has 0 heterocycles. The summed E-state index contributed by atoms with van der Waals surface area (Å²) in [6.07, 6.45) is 5.17. The third-order valence-electron chi connectivity index (χ3n) is 3.73. The Morgan fingerprint density at radius 2 is 1.50 bits per heavy atom. The number of rotatable bonds is 11. The zero-order chi connectivity index (χ0) is 14.6. The first-order valence-electron chi connectivity index (χ1n) is 8.31. The van der Waals surface area contributed by atoms with Gasteiger partial charge in [-0.15, -0.1) is 0 Å². The van der Waals surface area contributed by atoms with Crippen LogP contribution in [0.4, 0.5) is 0 Å². The Balaban J connectivity index is 2.65. The van der Waals surface area contributed by atoms with Gasteiger partial charge in [-0.1, -0.05) is 57.9 Å². The average Bonchev–Trinajstić information content (AvgIpc) is 2.49. The predicted octanol–water partition coefficient (Wildman–Crippen LogP) is 4.20. The molecule has 2 heteroatoms. The van der Waals surface area contributed by atoms with E-state index in [1.54, 1.807) is 0 Å². The molecule has 0 unspecified atom stereocenters. The van der Waals surface area contributed by atoms with Crippen LogP contribution in [0.3, 0.4) is 0 Å². The summed E-state index contributed by atoms with van der Waals surface area (Å²) in [7, 11) is 0. The summed E-state index contributed by atoms with van der Waals surface area (Å²) in [6.45, 7) is 12.3. The Morgan fingerprint density at radius 3 is 2.05 bits per heavy atom. The zero-order valence-electron chi connectivity index (χ0n) is 13.6. The predicted molar refractivity (Wildman–Crippen MR) is 88.9 cm³/mol. The van der Waals surface area contributed by atoms with Gasteiger partial charge >= 0.3 is 0 Å². The highest BCUT2D eigenvalue weighted by Crippen LogP contribution is 2.13. The molecule has 0 spiro atoms. The number of hydrogen-bond donors (Lipinski definition) is 1. The summed E-state index contributed by atoms with van der Waals surface area (Å²) in [6, 6.07) is 8.87. The van der Waals surface area contributed by atoms with E-state index in [-0.39, 0.29) is 0 Å². The van der Waals surface area contributed by atoms with Crippen molar-refractivity contribution in [2.75, 3.05) is 19.6 Å². The molecule has 0 amide bonds. The number of nitrogens with one attached hydrogen (secondary N) is 1. The van der Waals surface area contributed by atoms with Crippen LogP contribution in [-0.2, 0) is 13.1 Å². The fraction of sp³-hybridized carbons (Fsp3) is 0.667. The van der Waals surface area contributed by atoms with E-state index in [2.05, 4.69) is 55.3 Å². The van der Waals surface area contributed by atoms with Crippen molar-refractivity contribution in [3.05, 3.63) is 35.4 Å². The topological polar surface area (TPSA) is 15.3 Å². The highest BCUT2D eigenvalue weighted by molar-refractivity contribution is 5.27. The van der Waals surface area contributed by atoms with Crippen LogP contribution in [-0.4, -0.2) is 24.5 Å². The highest BCUT2D eigenvalue weighted by Gasteiger charge is 2.08. The minimum atomic E-state index is 0.988. The van der Waals surface area contributed by atoms with Crippen LogP contribution in [0.2, 0.25) is 0 Å². The quantitative estimate of drug-likeness (QED) is 0.651. The Morgan fingerprint density at radius 1 is 0.900 bits per heavy atom. The molecule has 0 aliphatic heterocycles. The van der Waals surface area contributed by atoms with E-state index in [1.807, 2.05) is 0 Å². The minimum Gasteiger partial charge on any atom is -0.313 e. The van der Waals surface area contributed by atoms with Crippen LogP contribution >= 0.6 is 0 Å². The minimum absolute atomic E-state index is 0.988. The van der Waals surface area contributed by atoms with Gasteiger partial charge in [-0.3, -0.25) is 4.90 Å². The van der Waals surface area contributed by atoms with Gasteiger partial charge in [0.1, 0.15) is 0 Å². The van der Waals surface area contributed by atoms with Crippen molar-refractivity contribution in [3.8, 4) is 0 Å². The molecule has 0 aromatic heterocycles. The zero-order valence-corrected chi connectivity index (χ0v) is 13.6. The molecule has 0 aliphatic rings. The fourth-order valence-corrected chi connectivity index (χ4v) is 2.42. The van der Waals surface area contributed by atoms with Gasteiger partial charge in [0.2, 0.25) is 0 Å². The summed E-state index contributed by atoms with van der Waals surface area (Å²) >= 11 is 0. The Labute approximate surface area is 125 Å². The molecule has 1 aromatic carbocycles. The number of unbranched alkanes of at least 4 members (excludes halogenated alkanes) is 2. The Hall–Kier alpha value is -0.860. The van der Waals surface area contributed by atoms with Crippen molar-refractivity contribution in [1.82, 2.24) is 10.2 Å². The molecular formula is C18H32N2. The first kappa shape index (κ1) is 17.2. The van der Waals surface area contributed by atoms with Gasteiger partial charge in [0.25, 0.3) is 0 Å². The smallest absolute Gasteiger partial charge is 0.0236 e. The second-order valence-electron chi connectivity index (χ2n) is 5.53. The summed E-state index contributed by atoms with van der Waals surface area (Å²) in [5, 5.41) is 3.45. The van der Waals surface area contributed by atoms with Gasteiger partial charge in [0, 0.05) is 13.1 Å². The van der Waals surface area contributed by atoms with Gasteiger partial charge < -0.3 is 5.32 Å². The molecule has 0 atom stereocenters. The normalized spacial score (nSPS) is 11.2. The van der Waals surface area contributed by atoms with Crippen molar-refractivity contribution >= 4 is 0 Å². The monoisotopic (exact) mass is 276 g/mol. The number of benzene rings is 1. The molecule has 0 fully saturated rings. The van der Waals surface area contributed by atoms with Gasteiger partial charge in [-0.2, -0.15) is 0 Å². The van der Waals surface area contributed by atoms with E-state index in [1.165, 1.54) is 49.9 Å². The maximum atomic E-state index is 3.45. The fourth-order valence-electron chi connectivity index (χ4n) is 2.42. The summed E-state index contributed by atoms with van der Waals surface area (Å²) in [4.78, 5) is 2.62. The van der Waals surface area contributed by atoms with Gasteiger partial charge in [0.05, 0.1) is 0 Å². The van der Waals surface area contributed by atoms with E-state index in [0.717, 1.165) is 19.6 Å². The molecule has 2 nitrogen and oxygen atoms in total. The largest absolute Gasteiger partial charge is 0.313 e. The summed E-state index contributed by atoms with van der Waals surface area (Å²) in [5.41, 5.74) is 2.94. The second kappa shape index (κ2) is 10.9. The van der Waals surface area contributed by atoms with E-state index in [0.29, 0.717) is 0 Å². The summed E-state index contributed by atoms with van der Waals surface area (Å²) in [5.74, 6) is 0. The highest BCUT2D eigenvalue weighted by atomic mass is 15.1. The molecule has 0 bridgehead atoms. The molecule has 0 aliphatic carbocycles. The maximum Gasteiger partial charge on any atom is 0.0236 e. The molecule has 1 N–H and O–H groups in total. The third kappa shape index (κ3) is 6.53. The van der Waals surface area contributed by atoms with Crippen molar-refractivity contribution in [2.24, 2.45) is 0 Å². The average molecular weight is 276 g/mol. The Bertz CT molecular complexity index is 341. The lowest BCUT2D eigenvalue weighted by Gasteiger charge is -2.23. The summed E-state index contributed by atoms with van der Waals surface area (Å²) < 4.78 is 0. The lowest BCUT2D eigenvalue weighted by molar-refractivity contribution is 0.256. The second-order valence-corrected chi connectivity index (χ2v) is 5.53. The van der Waals surface area contributed by atoms with E-state index >= 15 is 0 Å². The van der Waals surface area contributed by atoms with Crippen molar-refractivity contribution in [2.45, 2.75) is 59.5 Å². The van der Waals surface area contributed by atoms with Crippen LogP contribution in [0.5, 0.6) is 0 Å². The van der Waals surface area contributed by atoms with Crippen molar-refractivity contribution in [1.29, 1.82) is 0 Å². The van der Waals surface area contributed by atoms with Crippen molar-refractivity contribution < 1.29 is 0 Å². The first-order chi connectivity index (χ1) is 9.81. The lowest BCUT2D eigenvalue weighted by Crippen LogP contribution is -2.26. The standard InChI is InChI=1S/C18H32N2/c1-4-7-13-20(14-8-5-2)16-18-12-10-9-11-17(18)15-19-6-3/h9-12,19H,4-8,13-16H2,1-3H3. The molecule has 1 aromatic rings. The lowest BCUT2D eigenvalue weighted by atomic mass is 10.1. The van der Waals surface area contributed by atoms with E-state index < -0.39 is 0 Å². The number of nitrogens with zero attached hydrogens (tertiary/aromatic N) is 1. The number of hydrogen-bond acceptors (Lipinski definition) is 2. The van der Waals surface area contributed by atoms with Crippen LogP contribution < -0.4 is 5.32 Å².